The van der Waals surface area contributed by atoms with Gasteiger partial charge in [-0.2, -0.15) is 4.39 Å². The van der Waals surface area contributed by atoms with Crippen LogP contribution in [0.4, 0.5) is 4.39 Å². The maximum atomic E-state index is 12.4. The zero-order valence-corrected chi connectivity index (χ0v) is 7.60. The molecule has 0 aliphatic heterocycles. The summed E-state index contributed by atoms with van der Waals surface area (Å²) in [6, 6.07) is 1.41. The van der Waals surface area contributed by atoms with E-state index in [-0.39, 0.29) is 0 Å². The summed E-state index contributed by atoms with van der Waals surface area (Å²) in [5.41, 5.74) is 1.80. The number of pyridine rings is 1. The molecule has 58 valence electrons. The maximum Gasteiger partial charge on any atom is 0.213 e. The molecule has 1 nitrogen and oxygen atoms in total. The molecule has 0 aliphatic carbocycles. The van der Waals surface area contributed by atoms with Crippen LogP contribution in [0, 0.1) is 12.9 Å². The quantitative estimate of drug-likeness (QED) is 0.657. The van der Waals surface area contributed by atoms with Crippen molar-refractivity contribution in [3.8, 4) is 0 Å². The number of aryl methyl sites for hydroxylation is 1. The van der Waals surface area contributed by atoms with Gasteiger partial charge in [-0.05, 0) is 35.2 Å². The number of hydrogen-bond donors (Lipinski definition) is 0. The van der Waals surface area contributed by atoms with Crippen molar-refractivity contribution >= 4 is 22.0 Å². The number of halogens is 2. The molecule has 1 rings (SSSR count). The Morgan fingerprint density at radius 1 is 1.64 bits per heavy atom. The van der Waals surface area contributed by atoms with Crippen molar-refractivity contribution in [2.45, 2.75) is 6.92 Å². The lowest BCUT2D eigenvalue weighted by Gasteiger charge is -1.97. The summed E-state index contributed by atoms with van der Waals surface area (Å²) >= 11 is 3.14. The van der Waals surface area contributed by atoms with Gasteiger partial charge < -0.3 is 0 Å². The third kappa shape index (κ3) is 2.12. The fourth-order valence-electron chi connectivity index (χ4n) is 0.775. The first-order valence-corrected chi connectivity index (χ1v) is 4.04. The smallest absolute Gasteiger partial charge is 0.213 e. The SMILES string of the molecule is Cc1cc(F)ncc1/C=C/Br. The molecule has 3 heteroatoms. The molecule has 0 N–H and O–H groups in total. The second-order valence-corrected chi connectivity index (χ2v) is 2.68. The molecule has 0 atom stereocenters. The average molecular weight is 216 g/mol. The molecular weight excluding hydrogens is 209 g/mol. The van der Waals surface area contributed by atoms with Crippen LogP contribution in [0.1, 0.15) is 11.1 Å². The highest BCUT2D eigenvalue weighted by molar-refractivity contribution is 9.11. The summed E-state index contributed by atoms with van der Waals surface area (Å²) in [5.74, 6) is -0.436. The third-order valence-electron chi connectivity index (χ3n) is 1.36. The predicted molar refractivity (Wildman–Crippen MR) is 46.9 cm³/mol. The van der Waals surface area contributed by atoms with E-state index in [0.29, 0.717) is 0 Å². The van der Waals surface area contributed by atoms with E-state index >= 15 is 0 Å². The van der Waals surface area contributed by atoms with Gasteiger partial charge in [0.25, 0.3) is 0 Å². The summed E-state index contributed by atoms with van der Waals surface area (Å²) in [4.78, 5) is 5.24. The molecule has 1 heterocycles. The molecule has 1 aromatic heterocycles. The van der Waals surface area contributed by atoms with Crippen LogP contribution in [0.3, 0.4) is 0 Å². The molecule has 0 aromatic carbocycles. The lowest BCUT2D eigenvalue weighted by Crippen LogP contribution is -1.86. The Balaban J connectivity index is 3.09. The van der Waals surface area contributed by atoms with E-state index in [1.807, 2.05) is 13.0 Å². The van der Waals surface area contributed by atoms with Gasteiger partial charge in [0.1, 0.15) is 0 Å². The first kappa shape index (κ1) is 8.40. The fraction of sp³-hybridized carbons (Fsp3) is 0.125. The van der Waals surface area contributed by atoms with Crippen molar-refractivity contribution in [1.82, 2.24) is 4.98 Å². The van der Waals surface area contributed by atoms with Gasteiger partial charge in [-0.3, -0.25) is 0 Å². The van der Waals surface area contributed by atoms with Gasteiger partial charge in [-0.1, -0.05) is 15.9 Å². The molecule has 0 spiro atoms. The van der Waals surface area contributed by atoms with Gasteiger partial charge in [0.2, 0.25) is 5.95 Å². The summed E-state index contributed by atoms with van der Waals surface area (Å²) in [7, 11) is 0. The van der Waals surface area contributed by atoms with Crippen molar-refractivity contribution in [3.05, 3.63) is 34.3 Å². The summed E-state index contributed by atoms with van der Waals surface area (Å²) in [6.07, 6.45) is 3.32. The molecule has 0 aliphatic rings. The van der Waals surface area contributed by atoms with Crippen molar-refractivity contribution in [1.29, 1.82) is 0 Å². The number of aromatic nitrogens is 1. The molecule has 0 unspecified atom stereocenters. The second-order valence-electron chi connectivity index (χ2n) is 2.16. The Bertz CT molecular complexity index is 283. The molecule has 0 fully saturated rings. The van der Waals surface area contributed by atoms with Crippen molar-refractivity contribution in [2.75, 3.05) is 0 Å². The number of hydrogen-bond acceptors (Lipinski definition) is 1. The lowest BCUT2D eigenvalue weighted by molar-refractivity contribution is 0.582. The van der Waals surface area contributed by atoms with E-state index < -0.39 is 5.95 Å². The Kier molecular flexibility index (Phi) is 2.76. The van der Waals surface area contributed by atoms with Crippen LogP contribution < -0.4 is 0 Å². The molecule has 1 aromatic rings. The highest BCUT2D eigenvalue weighted by atomic mass is 79.9. The molecule has 0 radical (unpaired) electrons. The van der Waals surface area contributed by atoms with Crippen LogP contribution in [-0.2, 0) is 0 Å². The van der Waals surface area contributed by atoms with E-state index in [0.717, 1.165) is 11.1 Å². The van der Waals surface area contributed by atoms with Crippen LogP contribution >= 0.6 is 15.9 Å². The molecule has 0 saturated heterocycles. The first-order chi connectivity index (χ1) is 5.24. The first-order valence-electron chi connectivity index (χ1n) is 3.13. The zero-order chi connectivity index (χ0) is 8.27. The van der Waals surface area contributed by atoms with E-state index in [1.54, 1.807) is 4.99 Å². The van der Waals surface area contributed by atoms with Gasteiger partial charge in [-0.25, -0.2) is 4.98 Å². The predicted octanol–water partition coefficient (Wildman–Crippen LogP) is 2.89. The normalized spacial score (nSPS) is 10.8. The Morgan fingerprint density at radius 3 is 2.91 bits per heavy atom. The van der Waals surface area contributed by atoms with Crippen LogP contribution in [0.25, 0.3) is 6.08 Å². The zero-order valence-electron chi connectivity index (χ0n) is 6.01. The number of rotatable bonds is 1. The molecule has 0 bridgehead atoms. The van der Waals surface area contributed by atoms with E-state index in [2.05, 4.69) is 20.9 Å². The summed E-state index contributed by atoms with van der Waals surface area (Å²) < 4.78 is 12.4. The van der Waals surface area contributed by atoms with Gasteiger partial charge >= 0.3 is 0 Å². The largest absolute Gasteiger partial charge is 0.228 e. The maximum absolute atomic E-state index is 12.4. The van der Waals surface area contributed by atoms with Crippen LogP contribution in [0.15, 0.2) is 17.2 Å². The second kappa shape index (κ2) is 3.62. The fourth-order valence-corrected chi connectivity index (χ4v) is 1.06. The average Bonchev–Trinajstić information content (AvgIpc) is 1.95. The Hall–Kier alpha value is -0.700. The molecule has 0 saturated carbocycles. The molecule has 0 amide bonds. The monoisotopic (exact) mass is 215 g/mol. The lowest BCUT2D eigenvalue weighted by atomic mass is 10.2. The number of nitrogens with zero attached hydrogens (tertiary/aromatic N) is 1. The summed E-state index contributed by atoms with van der Waals surface area (Å²) in [5, 5.41) is 0. The van der Waals surface area contributed by atoms with Crippen molar-refractivity contribution in [3.63, 3.8) is 0 Å². The van der Waals surface area contributed by atoms with Gasteiger partial charge in [0, 0.05) is 6.20 Å². The highest BCUT2D eigenvalue weighted by Crippen LogP contribution is 2.09. The minimum Gasteiger partial charge on any atom is -0.228 e. The van der Waals surface area contributed by atoms with Crippen LogP contribution in [-0.4, -0.2) is 4.98 Å². The Labute approximate surface area is 73.1 Å². The van der Waals surface area contributed by atoms with Crippen LogP contribution in [0.5, 0.6) is 0 Å². The third-order valence-corrected chi connectivity index (χ3v) is 1.62. The van der Waals surface area contributed by atoms with Gasteiger partial charge in [-0.15, -0.1) is 0 Å². The minimum atomic E-state index is -0.436. The highest BCUT2D eigenvalue weighted by Gasteiger charge is 1.95. The molecule has 11 heavy (non-hydrogen) atoms. The van der Waals surface area contributed by atoms with Gasteiger partial charge in [0.05, 0.1) is 0 Å². The Morgan fingerprint density at radius 2 is 2.36 bits per heavy atom. The van der Waals surface area contributed by atoms with Crippen LogP contribution in [0.2, 0.25) is 0 Å². The van der Waals surface area contributed by atoms with Crippen molar-refractivity contribution in [2.24, 2.45) is 0 Å². The molecular formula is C8H7BrFN. The topological polar surface area (TPSA) is 12.9 Å². The van der Waals surface area contributed by atoms with Crippen molar-refractivity contribution < 1.29 is 4.39 Å². The van der Waals surface area contributed by atoms with E-state index in [1.165, 1.54) is 12.3 Å². The van der Waals surface area contributed by atoms with Gasteiger partial charge in [0.15, 0.2) is 0 Å². The van der Waals surface area contributed by atoms with E-state index in [9.17, 15) is 4.39 Å². The summed E-state index contributed by atoms with van der Waals surface area (Å²) in [6.45, 7) is 1.84. The standard InChI is InChI=1S/C8H7BrFN/c1-6-4-8(10)11-5-7(6)2-3-9/h2-5H,1H3/b3-2+. The van der Waals surface area contributed by atoms with E-state index in [4.69, 9.17) is 0 Å². The minimum absolute atomic E-state index is 0.436.